The van der Waals surface area contributed by atoms with Gasteiger partial charge in [-0.1, -0.05) is 15.9 Å². The number of halogens is 1. The molecule has 0 saturated heterocycles. The number of hydrogen-bond acceptors (Lipinski definition) is 3. The van der Waals surface area contributed by atoms with E-state index in [1.807, 2.05) is 30.1 Å². The standard InChI is InChI=1S/C14H13BrN2O2/c1-17(9-10-2-4-16-5-3-10)13-7-11(14(18)19)6-12(15)8-13/h2-8H,9H2,1H3,(H,18,19). The Balaban J connectivity index is 2.24. The van der Waals surface area contributed by atoms with Gasteiger partial charge in [-0.3, -0.25) is 4.98 Å². The zero-order chi connectivity index (χ0) is 13.8. The topological polar surface area (TPSA) is 53.4 Å². The third-order valence-corrected chi connectivity index (χ3v) is 3.20. The molecule has 0 unspecified atom stereocenters. The van der Waals surface area contributed by atoms with Crippen LogP contribution in [0.4, 0.5) is 5.69 Å². The van der Waals surface area contributed by atoms with Crippen LogP contribution in [0.3, 0.4) is 0 Å². The monoisotopic (exact) mass is 320 g/mol. The van der Waals surface area contributed by atoms with Crippen LogP contribution in [0.5, 0.6) is 0 Å². The Labute approximate surface area is 119 Å². The smallest absolute Gasteiger partial charge is 0.335 e. The maximum Gasteiger partial charge on any atom is 0.335 e. The first-order valence-electron chi connectivity index (χ1n) is 5.70. The van der Waals surface area contributed by atoms with Crippen LogP contribution in [0.1, 0.15) is 15.9 Å². The van der Waals surface area contributed by atoms with Crippen molar-refractivity contribution in [1.29, 1.82) is 0 Å². The van der Waals surface area contributed by atoms with Gasteiger partial charge in [-0.2, -0.15) is 0 Å². The van der Waals surface area contributed by atoms with E-state index in [2.05, 4.69) is 20.9 Å². The van der Waals surface area contributed by atoms with E-state index in [0.29, 0.717) is 6.54 Å². The Morgan fingerprint density at radius 2 is 2.00 bits per heavy atom. The molecule has 1 aromatic carbocycles. The normalized spacial score (nSPS) is 10.2. The van der Waals surface area contributed by atoms with Gasteiger partial charge in [0.1, 0.15) is 0 Å². The number of aromatic nitrogens is 1. The summed E-state index contributed by atoms with van der Waals surface area (Å²) in [5.41, 5.74) is 2.24. The molecule has 0 aliphatic heterocycles. The molecule has 2 rings (SSSR count). The van der Waals surface area contributed by atoms with Crippen LogP contribution in [0.25, 0.3) is 0 Å². The van der Waals surface area contributed by atoms with E-state index in [0.717, 1.165) is 15.7 Å². The van der Waals surface area contributed by atoms with Crippen molar-refractivity contribution in [2.75, 3.05) is 11.9 Å². The number of hydrogen-bond donors (Lipinski definition) is 1. The van der Waals surface area contributed by atoms with Crippen LogP contribution in [0, 0.1) is 0 Å². The number of nitrogens with zero attached hydrogens (tertiary/aromatic N) is 2. The fourth-order valence-electron chi connectivity index (χ4n) is 1.77. The Kier molecular flexibility index (Phi) is 4.16. The van der Waals surface area contributed by atoms with Gasteiger partial charge in [-0.25, -0.2) is 4.79 Å². The first-order valence-corrected chi connectivity index (χ1v) is 6.49. The number of anilines is 1. The highest BCUT2D eigenvalue weighted by atomic mass is 79.9. The number of pyridine rings is 1. The van der Waals surface area contributed by atoms with E-state index in [1.165, 1.54) is 0 Å². The largest absolute Gasteiger partial charge is 0.478 e. The lowest BCUT2D eigenvalue weighted by molar-refractivity contribution is 0.0697. The third-order valence-electron chi connectivity index (χ3n) is 2.74. The number of rotatable bonds is 4. The maximum atomic E-state index is 11.0. The summed E-state index contributed by atoms with van der Waals surface area (Å²) in [6, 6.07) is 9.02. The first kappa shape index (κ1) is 13.5. The molecule has 2 aromatic rings. The highest BCUT2D eigenvalue weighted by Gasteiger charge is 2.09. The second-order valence-corrected chi connectivity index (χ2v) is 5.13. The molecule has 0 bridgehead atoms. The van der Waals surface area contributed by atoms with Crippen molar-refractivity contribution >= 4 is 27.6 Å². The molecule has 4 nitrogen and oxygen atoms in total. The molecule has 0 radical (unpaired) electrons. The van der Waals surface area contributed by atoms with Gasteiger partial charge in [0.05, 0.1) is 5.56 Å². The van der Waals surface area contributed by atoms with Crippen molar-refractivity contribution in [3.05, 3.63) is 58.3 Å². The maximum absolute atomic E-state index is 11.0. The summed E-state index contributed by atoms with van der Waals surface area (Å²) in [6.45, 7) is 0.692. The SMILES string of the molecule is CN(Cc1ccncc1)c1cc(Br)cc(C(=O)O)c1. The van der Waals surface area contributed by atoms with Crippen molar-refractivity contribution in [1.82, 2.24) is 4.98 Å². The summed E-state index contributed by atoms with van der Waals surface area (Å²) in [4.78, 5) is 17.0. The molecule has 5 heteroatoms. The fourth-order valence-corrected chi connectivity index (χ4v) is 2.25. The van der Waals surface area contributed by atoms with E-state index in [1.54, 1.807) is 24.5 Å². The Morgan fingerprint density at radius 3 is 2.63 bits per heavy atom. The van der Waals surface area contributed by atoms with Crippen LogP contribution >= 0.6 is 15.9 Å². The van der Waals surface area contributed by atoms with E-state index < -0.39 is 5.97 Å². The molecule has 0 amide bonds. The first-order chi connectivity index (χ1) is 9.06. The molecule has 1 aromatic heterocycles. The minimum absolute atomic E-state index is 0.269. The zero-order valence-corrected chi connectivity index (χ0v) is 12.0. The molecule has 0 fully saturated rings. The van der Waals surface area contributed by atoms with Crippen molar-refractivity contribution in [2.24, 2.45) is 0 Å². The highest BCUT2D eigenvalue weighted by molar-refractivity contribution is 9.10. The van der Waals surface area contributed by atoms with Crippen LogP contribution in [0.15, 0.2) is 47.2 Å². The highest BCUT2D eigenvalue weighted by Crippen LogP contribution is 2.23. The van der Waals surface area contributed by atoms with E-state index in [4.69, 9.17) is 5.11 Å². The lowest BCUT2D eigenvalue weighted by Gasteiger charge is -2.20. The molecule has 0 atom stereocenters. The van der Waals surface area contributed by atoms with Gasteiger partial charge in [0.25, 0.3) is 0 Å². The quantitative estimate of drug-likeness (QED) is 0.940. The molecule has 19 heavy (non-hydrogen) atoms. The summed E-state index contributed by atoms with van der Waals surface area (Å²) in [7, 11) is 1.92. The minimum atomic E-state index is -0.931. The molecular formula is C14H13BrN2O2. The lowest BCUT2D eigenvalue weighted by Crippen LogP contribution is -2.17. The molecule has 0 aliphatic carbocycles. The average Bonchev–Trinajstić information content (AvgIpc) is 2.39. The van der Waals surface area contributed by atoms with E-state index in [9.17, 15) is 4.79 Å². The van der Waals surface area contributed by atoms with Crippen LogP contribution < -0.4 is 4.90 Å². The summed E-state index contributed by atoms with van der Waals surface area (Å²) in [5, 5.41) is 9.06. The van der Waals surface area contributed by atoms with E-state index >= 15 is 0 Å². The van der Waals surface area contributed by atoms with Gasteiger partial charge in [0.2, 0.25) is 0 Å². The third kappa shape index (κ3) is 3.54. The predicted octanol–water partition coefficient (Wildman–Crippen LogP) is 3.18. The second kappa shape index (κ2) is 5.84. The number of benzene rings is 1. The van der Waals surface area contributed by atoms with Crippen LogP contribution in [-0.4, -0.2) is 23.1 Å². The van der Waals surface area contributed by atoms with E-state index in [-0.39, 0.29) is 5.56 Å². The second-order valence-electron chi connectivity index (χ2n) is 4.21. The Bertz CT molecular complexity index is 587. The van der Waals surface area contributed by atoms with Crippen molar-refractivity contribution in [3.8, 4) is 0 Å². The van der Waals surface area contributed by atoms with Gasteiger partial charge in [-0.15, -0.1) is 0 Å². The van der Waals surface area contributed by atoms with Crippen LogP contribution in [-0.2, 0) is 6.54 Å². The number of aromatic carboxylic acids is 1. The Hall–Kier alpha value is -1.88. The number of carbonyl (C=O) groups is 1. The summed E-state index contributed by atoms with van der Waals surface area (Å²) < 4.78 is 0.754. The molecule has 1 N–H and O–H groups in total. The van der Waals surface area contributed by atoms with Gasteiger partial charge < -0.3 is 10.0 Å². The van der Waals surface area contributed by atoms with Gasteiger partial charge in [0.15, 0.2) is 0 Å². The molecule has 0 aliphatic rings. The fraction of sp³-hybridized carbons (Fsp3) is 0.143. The van der Waals surface area contributed by atoms with Crippen molar-refractivity contribution in [3.63, 3.8) is 0 Å². The number of carboxylic acid groups (broad SMARTS) is 1. The van der Waals surface area contributed by atoms with Gasteiger partial charge >= 0.3 is 5.97 Å². The molecule has 0 saturated carbocycles. The van der Waals surface area contributed by atoms with Crippen molar-refractivity contribution < 1.29 is 9.90 Å². The average molecular weight is 321 g/mol. The summed E-state index contributed by atoms with van der Waals surface area (Å²) >= 11 is 3.34. The van der Waals surface area contributed by atoms with Crippen molar-refractivity contribution in [2.45, 2.75) is 6.54 Å². The summed E-state index contributed by atoms with van der Waals surface area (Å²) in [5.74, 6) is -0.931. The molecule has 0 spiro atoms. The molecular weight excluding hydrogens is 308 g/mol. The predicted molar refractivity (Wildman–Crippen MR) is 77.4 cm³/mol. The number of carboxylic acids is 1. The zero-order valence-electron chi connectivity index (χ0n) is 10.4. The van der Waals surface area contributed by atoms with Crippen LogP contribution in [0.2, 0.25) is 0 Å². The summed E-state index contributed by atoms with van der Waals surface area (Å²) in [6.07, 6.45) is 3.49. The minimum Gasteiger partial charge on any atom is -0.478 e. The van der Waals surface area contributed by atoms with Gasteiger partial charge in [-0.05, 0) is 35.9 Å². The Morgan fingerprint density at radius 1 is 1.32 bits per heavy atom. The lowest BCUT2D eigenvalue weighted by atomic mass is 10.2. The molecule has 98 valence electrons. The molecule has 1 heterocycles. The van der Waals surface area contributed by atoms with Gasteiger partial charge in [0, 0.05) is 36.1 Å².